The molecular formula is C17H24FNO. The van der Waals surface area contributed by atoms with Crippen molar-refractivity contribution in [3.05, 3.63) is 41.7 Å². The number of benzene rings is 1. The summed E-state index contributed by atoms with van der Waals surface area (Å²) in [6, 6.07) is 6.11. The van der Waals surface area contributed by atoms with E-state index in [0.29, 0.717) is 11.8 Å². The summed E-state index contributed by atoms with van der Waals surface area (Å²) in [4.78, 5) is 14.1. The van der Waals surface area contributed by atoms with Gasteiger partial charge in [-0.25, -0.2) is 4.39 Å². The van der Waals surface area contributed by atoms with Crippen molar-refractivity contribution in [1.29, 1.82) is 0 Å². The van der Waals surface area contributed by atoms with E-state index in [0.717, 1.165) is 18.7 Å². The van der Waals surface area contributed by atoms with Crippen LogP contribution in [0.25, 0.3) is 6.08 Å². The third kappa shape index (κ3) is 6.00. The Hall–Kier alpha value is -1.64. The molecule has 0 radical (unpaired) electrons. The van der Waals surface area contributed by atoms with E-state index in [4.69, 9.17) is 0 Å². The zero-order valence-electron chi connectivity index (χ0n) is 12.8. The van der Waals surface area contributed by atoms with Crippen molar-refractivity contribution in [3.63, 3.8) is 0 Å². The van der Waals surface area contributed by atoms with Gasteiger partial charge in [0.05, 0.1) is 0 Å². The second kappa shape index (κ2) is 7.83. The summed E-state index contributed by atoms with van der Waals surface area (Å²) in [5.74, 6) is 0.625. The van der Waals surface area contributed by atoms with Crippen LogP contribution in [0.15, 0.2) is 30.3 Å². The van der Waals surface area contributed by atoms with Crippen molar-refractivity contribution < 1.29 is 9.18 Å². The Bertz CT molecular complexity index is 439. The summed E-state index contributed by atoms with van der Waals surface area (Å²) in [6.45, 7) is 9.92. The van der Waals surface area contributed by atoms with Gasteiger partial charge >= 0.3 is 0 Å². The average Bonchev–Trinajstić information content (AvgIpc) is 2.36. The lowest BCUT2D eigenvalue weighted by atomic mass is 10.1. The molecule has 0 saturated heterocycles. The lowest BCUT2D eigenvalue weighted by Crippen LogP contribution is -2.35. The quantitative estimate of drug-likeness (QED) is 0.720. The maximum atomic E-state index is 12.8. The van der Waals surface area contributed by atoms with E-state index >= 15 is 0 Å². The van der Waals surface area contributed by atoms with Crippen molar-refractivity contribution in [1.82, 2.24) is 4.90 Å². The van der Waals surface area contributed by atoms with Crippen LogP contribution in [0, 0.1) is 17.7 Å². The van der Waals surface area contributed by atoms with E-state index < -0.39 is 0 Å². The number of halogens is 1. The molecule has 3 heteroatoms. The van der Waals surface area contributed by atoms with Crippen molar-refractivity contribution in [3.8, 4) is 0 Å². The van der Waals surface area contributed by atoms with Crippen molar-refractivity contribution >= 4 is 12.0 Å². The van der Waals surface area contributed by atoms with E-state index in [1.807, 2.05) is 4.90 Å². The summed E-state index contributed by atoms with van der Waals surface area (Å²) in [6.07, 6.45) is 3.30. The van der Waals surface area contributed by atoms with Gasteiger partial charge in [0, 0.05) is 19.2 Å². The number of hydrogen-bond acceptors (Lipinski definition) is 1. The summed E-state index contributed by atoms with van der Waals surface area (Å²) in [7, 11) is 0. The van der Waals surface area contributed by atoms with Crippen LogP contribution in [0.3, 0.4) is 0 Å². The van der Waals surface area contributed by atoms with Crippen LogP contribution in [0.5, 0.6) is 0 Å². The van der Waals surface area contributed by atoms with Gasteiger partial charge in [-0.05, 0) is 35.6 Å². The number of carbonyl (C=O) groups excluding carboxylic acids is 1. The first kappa shape index (κ1) is 16.4. The SMILES string of the molecule is CC(C)CN(CC(C)C)C(=O)C=Cc1ccc(F)cc1. The van der Waals surface area contributed by atoms with Gasteiger partial charge in [0.2, 0.25) is 5.91 Å². The molecule has 1 aromatic carbocycles. The minimum Gasteiger partial charge on any atom is -0.339 e. The third-order valence-corrected chi connectivity index (χ3v) is 2.77. The number of carbonyl (C=O) groups is 1. The zero-order valence-corrected chi connectivity index (χ0v) is 12.8. The molecule has 0 saturated carbocycles. The van der Waals surface area contributed by atoms with Crippen LogP contribution in [0.2, 0.25) is 0 Å². The van der Waals surface area contributed by atoms with Gasteiger partial charge in [-0.2, -0.15) is 0 Å². The van der Waals surface area contributed by atoms with Crippen LogP contribution in [0.1, 0.15) is 33.3 Å². The Balaban J connectivity index is 2.71. The molecule has 0 atom stereocenters. The molecule has 0 N–H and O–H groups in total. The van der Waals surface area contributed by atoms with Crippen LogP contribution in [-0.4, -0.2) is 23.9 Å². The predicted molar refractivity (Wildman–Crippen MR) is 81.7 cm³/mol. The summed E-state index contributed by atoms with van der Waals surface area (Å²) >= 11 is 0. The molecular weight excluding hydrogens is 253 g/mol. The Morgan fingerprint density at radius 3 is 2.05 bits per heavy atom. The van der Waals surface area contributed by atoms with Crippen molar-refractivity contribution in [2.24, 2.45) is 11.8 Å². The first-order valence-electron chi connectivity index (χ1n) is 7.11. The Morgan fingerprint density at radius 1 is 1.10 bits per heavy atom. The van der Waals surface area contributed by atoms with E-state index in [9.17, 15) is 9.18 Å². The molecule has 0 heterocycles. The first-order valence-corrected chi connectivity index (χ1v) is 7.11. The molecule has 1 aromatic rings. The number of amides is 1. The van der Waals surface area contributed by atoms with Gasteiger partial charge in [0.15, 0.2) is 0 Å². The maximum Gasteiger partial charge on any atom is 0.246 e. The van der Waals surface area contributed by atoms with Gasteiger partial charge in [-0.3, -0.25) is 4.79 Å². The van der Waals surface area contributed by atoms with E-state index in [1.54, 1.807) is 24.3 Å². The number of rotatable bonds is 6. The van der Waals surface area contributed by atoms with Gasteiger partial charge in [-0.15, -0.1) is 0 Å². The summed E-state index contributed by atoms with van der Waals surface area (Å²) in [5, 5.41) is 0. The molecule has 2 nitrogen and oxygen atoms in total. The Kier molecular flexibility index (Phi) is 6.43. The molecule has 0 fully saturated rings. The molecule has 0 unspecified atom stereocenters. The molecule has 0 aliphatic heterocycles. The highest BCUT2D eigenvalue weighted by molar-refractivity contribution is 5.91. The third-order valence-electron chi connectivity index (χ3n) is 2.77. The van der Waals surface area contributed by atoms with Gasteiger partial charge < -0.3 is 4.90 Å². The molecule has 0 aromatic heterocycles. The summed E-state index contributed by atoms with van der Waals surface area (Å²) < 4.78 is 12.8. The molecule has 20 heavy (non-hydrogen) atoms. The van der Waals surface area contributed by atoms with E-state index in [1.165, 1.54) is 12.1 Å². The second-order valence-corrected chi connectivity index (χ2v) is 5.92. The molecule has 0 aliphatic rings. The standard InChI is InChI=1S/C17H24FNO/c1-13(2)11-19(12-14(3)4)17(20)10-7-15-5-8-16(18)9-6-15/h5-10,13-14H,11-12H2,1-4H3. The molecule has 0 spiro atoms. The average molecular weight is 277 g/mol. The van der Waals surface area contributed by atoms with Crippen molar-refractivity contribution in [2.75, 3.05) is 13.1 Å². The maximum absolute atomic E-state index is 12.8. The van der Waals surface area contributed by atoms with Gasteiger partial charge in [-0.1, -0.05) is 39.8 Å². The number of hydrogen-bond donors (Lipinski definition) is 0. The molecule has 1 rings (SSSR count). The molecule has 0 bridgehead atoms. The minimum atomic E-state index is -0.269. The largest absolute Gasteiger partial charge is 0.339 e. The smallest absolute Gasteiger partial charge is 0.246 e. The predicted octanol–water partition coefficient (Wildman–Crippen LogP) is 3.98. The fourth-order valence-corrected chi connectivity index (χ4v) is 1.98. The van der Waals surface area contributed by atoms with Crippen LogP contribution in [-0.2, 0) is 4.79 Å². The minimum absolute atomic E-state index is 0.0109. The molecule has 1 amide bonds. The lowest BCUT2D eigenvalue weighted by Gasteiger charge is -2.25. The van der Waals surface area contributed by atoms with Crippen molar-refractivity contribution in [2.45, 2.75) is 27.7 Å². The molecule has 110 valence electrons. The van der Waals surface area contributed by atoms with Crippen LogP contribution in [0.4, 0.5) is 4.39 Å². The highest BCUT2D eigenvalue weighted by atomic mass is 19.1. The molecule has 0 aliphatic carbocycles. The summed E-state index contributed by atoms with van der Waals surface area (Å²) in [5.41, 5.74) is 0.828. The Labute approximate surface area is 121 Å². The van der Waals surface area contributed by atoms with E-state index in [-0.39, 0.29) is 11.7 Å². The monoisotopic (exact) mass is 277 g/mol. The Morgan fingerprint density at radius 2 is 1.60 bits per heavy atom. The first-order chi connectivity index (χ1) is 9.38. The van der Waals surface area contributed by atoms with Gasteiger partial charge in [0.25, 0.3) is 0 Å². The van der Waals surface area contributed by atoms with Crippen LogP contribution < -0.4 is 0 Å². The fraction of sp³-hybridized carbons (Fsp3) is 0.471. The zero-order chi connectivity index (χ0) is 15.1. The topological polar surface area (TPSA) is 20.3 Å². The second-order valence-electron chi connectivity index (χ2n) is 5.92. The van der Waals surface area contributed by atoms with Crippen LogP contribution >= 0.6 is 0 Å². The van der Waals surface area contributed by atoms with Gasteiger partial charge in [0.1, 0.15) is 5.82 Å². The fourth-order valence-electron chi connectivity index (χ4n) is 1.98. The highest BCUT2D eigenvalue weighted by Gasteiger charge is 2.13. The lowest BCUT2D eigenvalue weighted by molar-refractivity contribution is -0.127. The van der Waals surface area contributed by atoms with E-state index in [2.05, 4.69) is 27.7 Å². The highest BCUT2D eigenvalue weighted by Crippen LogP contribution is 2.08. The number of nitrogens with zero attached hydrogens (tertiary/aromatic N) is 1. The normalized spacial score (nSPS) is 11.6.